The maximum absolute atomic E-state index is 12.7. The van der Waals surface area contributed by atoms with Gasteiger partial charge in [0.1, 0.15) is 18.5 Å². The van der Waals surface area contributed by atoms with Crippen LogP contribution in [0.3, 0.4) is 0 Å². The highest BCUT2D eigenvalue weighted by Crippen LogP contribution is 2.20. The molecule has 1 aliphatic carbocycles. The second-order valence-corrected chi connectivity index (χ2v) is 3.53. The number of nitrogens with zero attached hydrogens (tertiary/aromatic N) is 3. The van der Waals surface area contributed by atoms with Crippen LogP contribution >= 0.6 is 0 Å². The summed E-state index contributed by atoms with van der Waals surface area (Å²) in [5, 5.41) is 8.57. The third-order valence-corrected chi connectivity index (χ3v) is 2.28. The molecule has 0 bridgehead atoms. The Kier molecular flexibility index (Phi) is 3.46. The summed E-state index contributed by atoms with van der Waals surface area (Å²) in [7, 11) is 0. The van der Waals surface area contributed by atoms with Crippen molar-refractivity contribution in [1.82, 2.24) is 9.97 Å². The lowest BCUT2D eigenvalue weighted by atomic mass is 10.1. The van der Waals surface area contributed by atoms with Crippen LogP contribution in [0.4, 0.5) is 4.39 Å². The van der Waals surface area contributed by atoms with Crippen molar-refractivity contribution in [2.75, 3.05) is 0 Å². The molecule has 86 valence electrons. The van der Waals surface area contributed by atoms with Crippen molar-refractivity contribution in [2.45, 2.75) is 19.4 Å². The van der Waals surface area contributed by atoms with E-state index in [2.05, 4.69) is 9.97 Å². The van der Waals surface area contributed by atoms with Gasteiger partial charge in [-0.3, -0.25) is 0 Å². The van der Waals surface area contributed by atoms with Gasteiger partial charge in [0.15, 0.2) is 5.82 Å². The molecule has 1 aromatic heterocycles. The Hall–Kier alpha value is -2.22. The molecule has 2 rings (SSSR count). The van der Waals surface area contributed by atoms with Gasteiger partial charge in [-0.15, -0.1) is 0 Å². The maximum Gasteiger partial charge on any atom is 0.166 e. The first-order valence-electron chi connectivity index (χ1n) is 5.17. The summed E-state index contributed by atoms with van der Waals surface area (Å²) < 4.78 is 18.1. The number of halogens is 1. The summed E-state index contributed by atoms with van der Waals surface area (Å²) in [6.07, 6.45) is 6.83. The second kappa shape index (κ2) is 5.21. The van der Waals surface area contributed by atoms with Crippen molar-refractivity contribution in [2.24, 2.45) is 0 Å². The molecule has 0 unspecified atom stereocenters. The average molecular weight is 231 g/mol. The Morgan fingerprint density at radius 3 is 2.65 bits per heavy atom. The summed E-state index contributed by atoms with van der Waals surface area (Å²) >= 11 is 0. The molecule has 1 aromatic rings. The van der Waals surface area contributed by atoms with Gasteiger partial charge >= 0.3 is 0 Å². The molecule has 0 aromatic carbocycles. The predicted octanol–water partition coefficient (Wildman–Crippen LogP) is 2.40. The van der Waals surface area contributed by atoms with Crippen LogP contribution in [-0.2, 0) is 11.3 Å². The molecule has 0 atom stereocenters. The number of allylic oxidation sites excluding steroid dienone is 4. The fourth-order valence-corrected chi connectivity index (χ4v) is 1.36. The van der Waals surface area contributed by atoms with E-state index in [0.717, 1.165) is 5.76 Å². The molecular weight excluding hydrogens is 221 g/mol. The summed E-state index contributed by atoms with van der Waals surface area (Å²) in [5.74, 6) is 1.09. The minimum atomic E-state index is -0.132. The number of nitriles is 1. The van der Waals surface area contributed by atoms with Crippen LogP contribution in [0.5, 0.6) is 0 Å². The van der Waals surface area contributed by atoms with Crippen molar-refractivity contribution in [3.63, 3.8) is 0 Å². The molecule has 1 heterocycles. The van der Waals surface area contributed by atoms with E-state index in [4.69, 9.17) is 10.00 Å². The first kappa shape index (κ1) is 11.3. The summed E-state index contributed by atoms with van der Waals surface area (Å²) in [6, 6.07) is 1.94. The van der Waals surface area contributed by atoms with Crippen molar-refractivity contribution in [3.05, 3.63) is 47.5 Å². The average Bonchev–Trinajstić information content (AvgIpc) is 2.39. The Labute approximate surface area is 98.1 Å². The topological polar surface area (TPSA) is 58.8 Å². The predicted molar refractivity (Wildman–Crippen MR) is 58.0 cm³/mol. The van der Waals surface area contributed by atoms with Gasteiger partial charge in [-0.2, -0.15) is 5.26 Å². The monoisotopic (exact) mass is 231 g/mol. The highest BCUT2D eigenvalue weighted by Gasteiger charge is 2.07. The lowest BCUT2D eigenvalue weighted by molar-refractivity contribution is 0.179. The Balaban J connectivity index is 1.92. The largest absolute Gasteiger partial charge is 0.490 e. The van der Waals surface area contributed by atoms with Crippen molar-refractivity contribution < 1.29 is 9.13 Å². The molecule has 0 fully saturated rings. The van der Waals surface area contributed by atoms with E-state index < -0.39 is 0 Å². The van der Waals surface area contributed by atoms with Crippen LogP contribution in [0.2, 0.25) is 0 Å². The fourth-order valence-electron chi connectivity index (χ4n) is 1.36. The third-order valence-electron chi connectivity index (χ3n) is 2.28. The van der Waals surface area contributed by atoms with Crippen LogP contribution < -0.4 is 0 Å². The molecule has 17 heavy (non-hydrogen) atoms. The van der Waals surface area contributed by atoms with E-state index in [1.807, 2.05) is 6.07 Å². The number of aromatic nitrogens is 2. The standard InChI is InChI=1S/C12H10FN3O/c13-10-1-3-11(4-2-10)17-8-12-15-6-9(5-14)7-16-12/h1,3,6-7H,2,4,8H2. The van der Waals surface area contributed by atoms with Gasteiger partial charge in [0.2, 0.25) is 0 Å². The third kappa shape index (κ3) is 3.11. The Bertz CT molecular complexity index is 499. The molecule has 0 N–H and O–H groups in total. The van der Waals surface area contributed by atoms with E-state index in [-0.39, 0.29) is 12.4 Å². The van der Waals surface area contributed by atoms with Gasteiger partial charge in [-0.05, 0) is 12.2 Å². The van der Waals surface area contributed by atoms with E-state index >= 15 is 0 Å². The first-order chi connectivity index (χ1) is 8.28. The molecule has 0 spiro atoms. The van der Waals surface area contributed by atoms with Gasteiger partial charge < -0.3 is 4.74 Å². The van der Waals surface area contributed by atoms with Gasteiger partial charge in [0.25, 0.3) is 0 Å². The number of hydrogen-bond donors (Lipinski definition) is 0. The van der Waals surface area contributed by atoms with Crippen molar-refractivity contribution in [1.29, 1.82) is 5.26 Å². The summed E-state index contributed by atoms with van der Waals surface area (Å²) in [6.45, 7) is 0.229. The molecule has 0 radical (unpaired) electrons. The lowest BCUT2D eigenvalue weighted by Gasteiger charge is -2.11. The molecule has 1 aliphatic rings. The quantitative estimate of drug-likeness (QED) is 0.801. The van der Waals surface area contributed by atoms with Crippen LogP contribution in [-0.4, -0.2) is 9.97 Å². The number of hydrogen-bond acceptors (Lipinski definition) is 4. The van der Waals surface area contributed by atoms with E-state index in [0.29, 0.717) is 24.2 Å². The van der Waals surface area contributed by atoms with Gasteiger partial charge in [-0.25, -0.2) is 14.4 Å². The van der Waals surface area contributed by atoms with E-state index in [1.54, 1.807) is 6.08 Å². The molecule has 5 heteroatoms. The van der Waals surface area contributed by atoms with Crippen molar-refractivity contribution in [3.8, 4) is 6.07 Å². The smallest absolute Gasteiger partial charge is 0.166 e. The molecular formula is C12H10FN3O. The van der Waals surface area contributed by atoms with Crippen LogP contribution in [0.1, 0.15) is 24.2 Å². The first-order valence-corrected chi connectivity index (χ1v) is 5.17. The second-order valence-electron chi connectivity index (χ2n) is 3.53. The van der Waals surface area contributed by atoms with Gasteiger partial charge in [0.05, 0.1) is 11.3 Å². The van der Waals surface area contributed by atoms with Crippen molar-refractivity contribution >= 4 is 0 Å². The lowest BCUT2D eigenvalue weighted by Crippen LogP contribution is -2.01. The zero-order valence-electron chi connectivity index (χ0n) is 9.06. The minimum Gasteiger partial charge on any atom is -0.490 e. The molecule has 0 saturated heterocycles. The molecule has 4 nitrogen and oxygen atoms in total. The number of rotatable bonds is 3. The Morgan fingerprint density at radius 1 is 1.29 bits per heavy atom. The molecule has 0 aliphatic heterocycles. The highest BCUT2D eigenvalue weighted by atomic mass is 19.1. The number of ether oxygens (including phenoxy) is 1. The van der Waals surface area contributed by atoms with Gasteiger partial charge in [0, 0.05) is 25.2 Å². The van der Waals surface area contributed by atoms with E-state index in [1.165, 1.54) is 18.5 Å². The maximum atomic E-state index is 12.7. The van der Waals surface area contributed by atoms with Crippen LogP contribution in [0.15, 0.2) is 36.1 Å². The van der Waals surface area contributed by atoms with Crippen LogP contribution in [0, 0.1) is 11.3 Å². The fraction of sp³-hybridized carbons (Fsp3) is 0.250. The highest BCUT2D eigenvalue weighted by molar-refractivity contribution is 5.21. The minimum absolute atomic E-state index is 0.132. The Morgan fingerprint density at radius 2 is 2.06 bits per heavy atom. The molecule has 0 amide bonds. The summed E-state index contributed by atoms with van der Waals surface area (Å²) in [5.41, 5.74) is 0.413. The zero-order chi connectivity index (χ0) is 12.1. The van der Waals surface area contributed by atoms with Crippen LogP contribution in [0.25, 0.3) is 0 Å². The normalized spacial score (nSPS) is 14.6. The van der Waals surface area contributed by atoms with Gasteiger partial charge in [-0.1, -0.05) is 0 Å². The summed E-state index contributed by atoms with van der Waals surface area (Å²) in [4.78, 5) is 7.95. The zero-order valence-corrected chi connectivity index (χ0v) is 9.06. The van der Waals surface area contributed by atoms with E-state index in [9.17, 15) is 4.39 Å². The molecule has 0 saturated carbocycles. The SMILES string of the molecule is N#Cc1cnc(COC2=CC=C(F)CC2)nc1.